The van der Waals surface area contributed by atoms with Gasteiger partial charge in [0.2, 0.25) is 0 Å². The highest BCUT2D eigenvalue weighted by molar-refractivity contribution is 7.99. The van der Waals surface area contributed by atoms with Crippen LogP contribution >= 0.6 is 11.8 Å². The van der Waals surface area contributed by atoms with Crippen molar-refractivity contribution in [2.45, 2.75) is 63.6 Å². The summed E-state index contributed by atoms with van der Waals surface area (Å²) < 4.78 is 11.6. The summed E-state index contributed by atoms with van der Waals surface area (Å²) in [6, 6.07) is 1.26. The Hall–Kier alpha value is 0.230. The minimum absolute atomic E-state index is 0.117. The Morgan fingerprint density at radius 1 is 1.32 bits per heavy atom. The summed E-state index contributed by atoms with van der Waals surface area (Å²) in [4.78, 5) is 0. The number of rotatable bonds is 6. The van der Waals surface area contributed by atoms with Crippen LogP contribution in [0.2, 0.25) is 0 Å². The van der Waals surface area contributed by atoms with Gasteiger partial charge < -0.3 is 14.8 Å². The first-order chi connectivity index (χ1) is 9.24. The smallest absolute Gasteiger partial charge is 0.0741 e. The number of ether oxygens (including phenoxy) is 2. The summed E-state index contributed by atoms with van der Waals surface area (Å²) in [5, 5.41) is 3.82. The Kier molecular flexibility index (Phi) is 6.46. The zero-order valence-electron chi connectivity index (χ0n) is 12.5. The van der Waals surface area contributed by atoms with E-state index in [2.05, 4.69) is 19.2 Å². The molecule has 1 N–H and O–H groups in total. The van der Waals surface area contributed by atoms with Crippen molar-refractivity contribution in [1.82, 2.24) is 5.32 Å². The molecule has 19 heavy (non-hydrogen) atoms. The molecule has 3 nitrogen and oxygen atoms in total. The van der Waals surface area contributed by atoms with Crippen LogP contribution < -0.4 is 5.32 Å². The molecular weight excluding hydrogens is 258 g/mol. The van der Waals surface area contributed by atoms with Gasteiger partial charge in [-0.2, -0.15) is 11.8 Å². The van der Waals surface area contributed by atoms with Crippen molar-refractivity contribution in [2.24, 2.45) is 0 Å². The van der Waals surface area contributed by atoms with Gasteiger partial charge in [-0.15, -0.1) is 0 Å². The third-order valence-corrected chi connectivity index (χ3v) is 5.25. The van der Waals surface area contributed by atoms with E-state index in [0.717, 1.165) is 39.1 Å². The van der Waals surface area contributed by atoms with E-state index in [0.29, 0.717) is 12.1 Å². The Balaban J connectivity index is 1.74. The number of nitrogens with one attached hydrogen (secondary N) is 1. The van der Waals surface area contributed by atoms with Crippen molar-refractivity contribution in [3.63, 3.8) is 0 Å². The third kappa shape index (κ3) is 4.92. The molecule has 2 fully saturated rings. The van der Waals surface area contributed by atoms with Crippen LogP contribution in [-0.2, 0) is 9.47 Å². The van der Waals surface area contributed by atoms with Crippen LogP contribution in [0.25, 0.3) is 0 Å². The van der Waals surface area contributed by atoms with Gasteiger partial charge in [-0.3, -0.25) is 0 Å². The van der Waals surface area contributed by atoms with Gasteiger partial charge in [-0.05, 0) is 50.5 Å². The van der Waals surface area contributed by atoms with Gasteiger partial charge in [0.05, 0.1) is 5.60 Å². The van der Waals surface area contributed by atoms with E-state index in [1.54, 1.807) is 0 Å². The number of hydrogen-bond donors (Lipinski definition) is 1. The molecule has 2 atom stereocenters. The molecule has 2 unspecified atom stereocenters. The van der Waals surface area contributed by atoms with E-state index in [9.17, 15) is 0 Å². The minimum atomic E-state index is 0.117. The highest BCUT2D eigenvalue weighted by Crippen LogP contribution is 2.34. The zero-order valence-corrected chi connectivity index (χ0v) is 13.3. The first kappa shape index (κ1) is 15.6. The summed E-state index contributed by atoms with van der Waals surface area (Å²) in [6.07, 6.45) is 5.75. The predicted molar refractivity (Wildman–Crippen MR) is 82.0 cm³/mol. The second-order valence-corrected chi connectivity index (χ2v) is 7.28. The highest BCUT2D eigenvalue weighted by atomic mass is 32.2. The fourth-order valence-corrected chi connectivity index (χ4v) is 3.96. The van der Waals surface area contributed by atoms with Gasteiger partial charge in [0.15, 0.2) is 0 Å². The maximum absolute atomic E-state index is 6.09. The molecule has 0 radical (unpaired) electrons. The lowest BCUT2D eigenvalue weighted by Gasteiger charge is -2.44. The molecule has 4 heteroatoms. The Morgan fingerprint density at radius 3 is 2.84 bits per heavy atom. The molecule has 0 aromatic rings. The van der Waals surface area contributed by atoms with Gasteiger partial charge in [0.1, 0.15) is 0 Å². The largest absolute Gasteiger partial charge is 0.381 e. The van der Waals surface area contributed by atoms with Gasteiger partial charge in [0.25, 0.3) is 0 Å². The van der Waals surface area contributed by atoms with Crippen molar-refractivity contribution >= 4 is 11.8 Å². The van der Waals surface area contributed by atoms with Crippen molar-refractivity contribution in [3.05, 3.63) is 0 Å². The van der Waals surface area contributed by atoms with Gasteiger partial charge in [-0.25, -0.2) is 0 Å². The summed E-state index contributed by atoms with van der Waals surface area (Å²) in [6.45, 7) is 7.21. The molecule has 2 aliphatic heterocycles. The molecular formula is C15H29NO2S. The second kappa shape index (κ2) is 7.87. The van der Waals surface area contributed by atoms with Crippen LogP contribution in [0, 0.1) is 0 Å². The molecule has 2 saturated heterocycles. The van der Waals surface area contributed by atoms with Crippen LogP contribution in [0.1, 0.15) is 46.0 Å². The summed E-state index contributed by atoms with van der Waals surface area (Å²) in [5.74, 6) is 2.50. The lowest BCUT2D eigenvalue weighted by Crippen LogP contribution is -2.51. The zero-order chi connectivity index (χ0) is 13.6. The average Bonchev–Trinajstić information content (AvgIpc) is 2.40. The van der Waals surface area contributed by atoms with Crippen molar-refractivity contribution in [2.75, 3.05) is 31.3 Å². The molecule has 0 bridgehead atoms. The van der Waals surface area contributed by atoms with Crippen LogP contribution in [0.4, 0.5) is 0 Å². The van der Waals surface area contributed by atoms with E-state index in [-0.39, 0.29) is 5.60 Å². The normalized spacial score (nSPS) is 28.4. The molecule has 1 spiro atoms. The molecule has 0 aromatic carbocycles. The fourth-order valence-electron chi connectivity index (χ4n) is 3.15. The molecule has 0 aromatic heterocycles. The topological polar surface area (TPSA) is 30.5 Å². The van der Waals surface area contributed by atoms with Crippen molar-refractivity contribution < 1.29 is 9.47 Å². The quantitative estimate of drug-likeness (QED) is 0.761. The van der Waals surface area contributed by atoms with Crippen molar-refractivity contribution in [3.8, 4) is 0 Å². The van der Waals surface area contributed by atoms with Crippen LogP contribution in [0.5, 0.6) is 0 Å². The SMILES string of the molecule is CCSCCC(C)NC1CCOC2(CCOCC2)C1. The number of hydrogen-bond acceptors (Lipinski definition) is 4. The van der Waals surface area contributed by atoms with Gasteiger partial charge in [0, 0.05) is 31.9 Å². The van der Waals surface area contributed by atoms with E-state index < -0.39 is 0 Å². The maximum Gasteiger partial charge on any atom is 0.0741 e. The molecule has 0 aliphatic carbocycles. The second-order valence-electron chi connectivity index (χ2n) is 5.89. The first-order valence-corrected chi connectivity index (χ1v) is 8.95. The monoisotopic (exact) mass is 287 g/mol. The molecule has 0 saturated carbocycles. The van der Waals surface area contributed by atoms with Gasteiger partial charge in [-0.1, -0.05) is 6.92 Å². The van der Waals surface area contributed by atoms with Crippen molar-refractivity contribution in [1.29, 1.82) is 0 Å². The molecule has 2 heterocycles. The Bertz CT molecular complexity index is 251. The molecule has 112 valence electrons. The lowest BCUT2D eigenvalue weighted by molar-refractivity contribution is -0.140. The highest BCUT2D eigenvalue weighted by Gasteiger charge is 2.39. The van der Waals surface area contributed by atoms with E-state index in [1.165, 1.54) is 24.3 Å². The van der Waals surface area contributed by atoms with E-state index >= 15 is 0 Å². The average molecular weight is 287 g/mol. The van der Waals surface area contributed by atoms with Crippen LogP contribution in [0.15, 0.2) is 0 Å². The fraction of sp³-hybridized carbons (Fsp3) is 1.00. The lowest BCUT2D eigenvalue weighted by atomic mass is 9.84. The third-order valence-electron chi connectivity index (χ3n) is 4.32. The molecule has 0 amide bonds. The molecule has 2 aliphatic rings. The van der Waals surface area contributed by atoms with Crippen LogP contribution in [0.3, 0.4) is 0 Å². The minimum Gasteiger partial charge on any atom is -0.381 e. The Morgan fingerprint density at radius 2 is 2.11 bits per heavy atom. The maximum atomic E-state index is 6.09. The summed E-state index contributed by atoms with van der Waals surface area (Å²) >= 11 is 2.04. The van der Waals surface area contributed by atoms with Gasteiger partial charge >= 0.3 is 0 Å². The first-order valence-electron chi connectivity index (χ1n) is 7.79. The summed E-state index contributed by atoms with van der Waals surface area (Å²) in [7, 11) is 0. The summed E-state index contributed by atoms with van der Waals surface area (Å²) in [5.41, 5.74) is 0.117. The van der Waals surface area contributed by atoms with E-state index in [4.69, 9.17) is 9.47 Å². The van der Waals surface area contributed by atoms with Crippen LogP contribution in [-0.4, -0.2) is 49.0 Å². The Labute approximate surface area is 122 Å². The number of thioether (sulfide) groups is 1. The van der Waals surface area contributed by atoms with E-state index in [1.807, 2.05) is 11.8 Å². The standard InChI is InChI=1S/C15H29NO2S/c1-3-19-11-5-13(2)16-14-4-8-18-15(12-14)6-9-17-10-7-15/h13-14,16H,3-12H2,1-2H3. The predicted octanol–water partition coefficient (Wildman–Crippen LogP) is 2.84. The molecule has 2 rings (SSSR count).